The summed E-state index contributed by atoms with van der Waals surface area (Å²) in [6.45, 7) is 3.73. The van der Waals surface area contributed by atoms with E-state index in [1.54, 1.807) is 0 Å². The van der Waals surface area contributed by atoms with Gasteiger partial charge in [0.2, 0.25) is 10.0 Å². The van der Waals surface area contributed by atoms with E-state index in [1.807, 2.05) is 6.92 Å². The lowest BCUT2D eigenvalue weighted by molar-refractivity contribution is 0.0963. The van der Waals surface area contributed by atoms with E-state index in [-0.39, 0.29) is 29.3 Å². The molecule has 1 aromatic carbocycles. The molecule has 1 aliphatic rings. The minimum Gasteiger partial charge on any atom is -0.355 e. The molecule has 3 N–H and O–H groups in total. The number of piperidine rings is 1. The van der Waals surface area contributed by atoms with Gasteiger partial charge in [-0.05, 0) is 63.0 Å². The van der Waals surface area contributed by atoms with Crippen LogP contribution in [0.15, 0.2) is 29.2 Å². The van der Waals surface area contributed by atoms with Crippen molar-refractivity contribution in [3.63, 3.8) is 0 Å². The molecule has 130 valence electrons. The fraction of sp³-hybridized carbons (Fsp3) is 0.533. The third-order valence-electron chi connectivity index (χ3n) is 4.04. The second-order valence-corrected chi connectivity index (χ2v) is 7.33. The van der Waals surface area contributed by atoms with Crippen LogP contribution in [0.25, 0.3) is 0 Å². The molecular formula is C15H24ClN3O3S. The number of sulfonamides is 1. The van der Waals surface area contributed by atoms with Gasteiger partial charge in [-0.3, -0.25) is 4.79 Å². The summed E-state index contributed by atoms with van der Waals surface area (Å²) in [5.41, 5.74) is 0.436. The highest BCUT2D eigenvalue weighted by Crippen LogP contribution is 2.17. The molecule has 1 aliphatic heterocycles. The van der Waals surface area contributed by atoms with E-state index < -0.39 is 10.0 Å². The standard InChI is InChI=1S/C15H23N3O3S.ClH/c1-11(13-4-3-9-17-10-13)18-22(20,21)14-7-5-12(6-8-14)15(19)16-2;/h5-8,11,13,17-18H,3-4,9-10H2,1-2H3,(H,16,19);1H. The number of hydrogen-bond acceptors (Lipinski definition) is 4. The summed E-state index contributed by atoms with van der Waals surface area (Å²) in [4.78, 5) is 11.7. The molecule has 1 heterocycles. The molecule has 1 amide bonds. The van der Waals surface area contributed by atoms with Crippen LogP contribution in [0.2, 0.25) is 0 Å². The lowest BCUT2D eigenvalue weighted by atomic mass is 9.94. The molecule has 2 atom stereocenters. The molecule has 23 heavy (non-hydrogen) atoms. The number of amides is 1. The number of carbonyl (C=O) groups is 1. The molecule has 1 saturated heterocycles. The van der Waals surface area contributed by atoms with Crippen LogP contribution in [0.5, 0.6) is 0 Å². The van der Waals surface area contributed by atoms with Crippen molar-refractivity contribution in [3.05, 3.63) is 29.8 Å². The van der Waals surface area contributed by atoms with Gasteiger partial charge in [0.05, 0.1) is 4.90 Å². The average Bonchev–Trinajstić information content (AvgIpc) is 2.54. The summed E-state index contributed by atoms with van der Waals surface area (Å²) in [6.07, 6.45) is 2.09. The summed E-state index contributed by atoms with van der Waals surface area (Å²) >= 11 is 0. The Bertz CT molecular complexity index is 613. The zero-order chi connectivity index (χ0) is 16.2. The van der Waals surface area contributed by atoms with E-state index in [2.05, 4.69) is 15.4 Å². The second-order valence-electron chi connectivity index (χ2n) is 5.62. The number of halogens is 1. The summed E-state index contributed by atoms with van der Waals surface area (Å²) in [6, 6.07) is 5.81. The maximum atomic E-state index is 12.4. The van der Waals surface area contributed by atoms with Crippen LogP contribution < -0.4 is 15.4 Å². The van der Waals surface area contributed by atoms with Crippen LogP contribution in [-0.4, -0.2) is 40.5 Å². The van der Waals surface area contributed by atoms with Gasteiger partial charge in [-0.25, -0.2) is 13.1 Å². The third kappa shape index (κ3) is 5.17. The van der Waals surface area contributed by atoms with Crippen molar-refractivity contribution >= 4 is 28.3 Å². The van der Waals surface area contributed by atoms with Crippen molar-refractivity contribution in [1.82, 2.24) is 15.4 Å². The van der Waals surface area contributed by atoms with Crippen LogP contribution >= 0.6 is 12.4 Å². The summed E-state index contributed by atoms with van der Waals surface area (Å²) in [5, 5.41) is 5.79. The zero-order valence-electron chi connectivity index (χ0n) is 13.3. The highest BCUT2D eigenvalue weighted by atomic mass is 35.5. The first-order valence-corrected chi connectivity index (χ1v) is 8.97. The molecule has 1 fully saturated rings. The van der Waals surface area contributed by atoms with Crippen LogP contribution in [-0.2, 0) is 10.0 Å². The van der Waals surface area contributed by atoms with Gasteiger partial charge in [0, 0.05) is 18.7 Å². The highest BCUT2D eigenvalue weighted by Gasteiger charge is 2.25. The zero-order valence-corrected chi connectivity index (χ0v) is 15.0. The van der Waals surface area contributed by atoms with Crippen LogP contribution in [0.1, 0.15) is 30.1 Å². The smallest absolute Gasteiger partial charge is 0.251 e. The summed E-state index contributed by atoms with van der Waals surface area (Å²) in [7, 11) is -2.03. The fourth-order valence-electron chi connectivity index (χ4n) is 2.64. The SMILES string of the molecule is CNC(=O)c1ccc(S(=O)(=O)NC(C)C2CCCNC2)cc1.Cl. The Morgan fingerprint density at radius 3 is 2.48 bits per heavy atom. The highest BCUT2D eigenvalue weighted by molar-refractivity contribution is 7.89. The first-order valence-electron chi connectivity index (χ1n) is 7.49. The molecule has 0 saturated carbocycles. The van der Waals surface area contributed by atoms with Gasteiger partial charge in [-0.2, -0.15) is 0 Å². The molecule has 1 aromatic rings. The van der Waals surface area contributed by atoms with Gasteiger partial charge >= 0.3 is 0 Å². The Labute approximate surface area is 143 Å². The Balaban J connectivity index is 0.00000264. The molecule has 2 rings (SSSR count). The molecule has 0 bridgehead atoms. The maximum Gasteiger partial charge on any atom is 0.251 e. The number of benzene rings is 1. The van der Waals surface area contributed by atoms with Crippen molar-refractivity contribution in [2.45, 2.75) is 30.7 Å². The summed E-state index contributed by atoms with van der Waals surface area (Å²) < 4.78 is 27.5. The lowest BCUT2D eigenvalue weighted by Gasteiger charge is -2.28. The number of carbonyl (C=O) groups excluding carboxylic acids is 1. The Morgan fingerprint density at radius 2 is 1.96 bits per heavy atom. The van der Waals surface area contributed by atoms with Crippen molar-refractivity contribution < 1.29 is 13.2 Å². The molecule has 0 aliphatic carbocycles. The van der Waals surface area contributed by atoms with Crippen molar-refractivity contribution in [2.24, 2.45) is 5.92 Å². The predicted molar refractivity (Wildman–Crippen MR) is 92.5 cm³/mol. The first-order chi connectivity index (χ1) is 10.4. The Kier molecular flexibility index (Phi) is 7.47. The van der Waals surface area contributed by atoms with Crippen molar-refractivity contribution in [3.8, 4) is 0 Å². The molecule has 8 heteroatoms. The Hall–Kier alpha value is -1.15. The molecule has 0 spiro atoms. The monoisotopic (exact) mass is 361 g/mol. The predicted octanol–water partition coefficient (Wildman–Crippen LogP) is 1.13. The number of hydrogen-bond donors (Lipinski definition) is 3. The van der Waals surface area contributed by atoms with Gasteiger partial charge in [0.1, 0.15) is 0 Å². The van der Waals surface area contributed by atoms with Crippen LogP contribution in [0.3, 0.4) is 0 Å². The Morgan fingerprint density at radius 1 is 1.30 bits per heavy atom. The third-order valence-corrected chi connectivity index (χ3v) is 5.61. The van der Waals surface area contributed by atoms with E-state index >= 15 is 0 Å². The van der Waals surface area contributed by atoms with Crippen molar-refractivity contribution in [1.29, 1.82) is 0 Å². The molecule has 0 aromatic heterocycles. The lowest BCUT2D eigenvalue weighted by Crippen LogP contribution is -2.44. The van der Waals surface area contributed by atoms with E-state index in [1.165, 1.54) is 31.3 Å². The molecular weight excluding hydrogens is 338 g/mol. The topological polar surface area (TPSA) is 87.3 Å². The van der Waals surface area contributed by atoms with E-state index in [0.717, 1.165) is 25.9 Å². The van der Waals surface area contributed by atoms with Gasteiger partial charge in [-0.1, -0.05) is 0 Å². The number of rotatable bonds is 5. The second kappa shape index (κ2) is 8.63. The quantitative estimate of drug-likeness (QED) is 0.733. The molecule has 0 radical (unpaired) electrons. The summed E-state index contributed by atoms with van der Waals surface area (Å²) in [5.74, 6) is 0.0622. The maximum absolute atomic E-state index is 12.4. The minimum atomic E-state index is -3.57. The number of nitrogens with one attached hydrogen (secondary N) is 3. The first kappa shape index (κ1) is 19.9. The van der Waals surface area contributed by atoms with E-state index in [4.69, 9.17) is 0 Å². The average molecular weight is 362 g/mol. The van der Waals surface area contributed by atoms with Crippen LogP contribution in [0.4, 0.5) is 0 Å². The van der Waals surface area contributed by atoms with Gasteiger partial charge in [0.25, 0.3) is 5.91 Å². The van der Waals surface area contributed by atoms with Gasteiger partial charge < -0.3 is 10.6 Å². The van der Waals surface area contributed by atoms with Crippen LogP contribution in [0, 0.1) is 5.92 Å². The largest absolute Gasteiger partial charge is 0.355 e. The van der Waals surface area contributed by atoms with Gasteiger partial charge in [-0.15, -0.1) is 12.4 Å². The van der Waals surface area contributed by atoms with Gasteiger partial charge in [0.15, 0.2) is 0 Å². The molecule has 6 nitrogen and oxygen atoms in total. The fourth-order valence-corrected chi connectivity index (χ4v) is 3.96. The molecule has 2 unspecified atom stereocenters. The van der Waals surface area contributed by atoms with E-state index in [0.29, 0.717) is 11.5 Å². The normalized spacial score (nSPS) is 19.5. The minimum absolute atomic E-state index is 0. The van der Waals surface area contributed by atoms with Crippen molar-refractivity contribution in [2.75, 3.05) is 20.1 Å². The van der Waals surface area contributed by atoms with E-state index in [9.17, 15) is 13.2 Å².